The van der Waals surface area contributed by atoms with Crippen LogP contribution < -0.4 is 14.4 Å². The van der Waals surface area contributed by atoms with Crippen LogP contribution in [0, 0.1) is 0 Å². The monoisotopic (exact) mass is 571 g/mol. The third-order valence-electron chi connectivity index (χ3n) is 6.39. The quantitative estimate of drug-likeness (QED) is 0.334. The van der Waals surface area contributed by atoms with Gasteiger partial charge in [-0.3, -0.25) is 13.9 Å². The highest BCUT2D eigenvalue weighted by atomic mass is 35.5. The van der Waals surface area contributed by atoms with Gasteiger partial charge in [-0.2, -0.15) is 0 Å². The summed E-state index contributed by atoms with van der Waals surface area (Å²) >= 11 is 6.04. The van der Waals surface area contributed by atoms with Crippen molar-refractivity contribution in [3.05, 3.63) is 89.4 Å². The first kappa shape index (κ1) is 30.0. The Morgan fingerprint density at radius 1 is 0.974 bits per heavy atom. The fraction of sp³-hybridized carbons (Fsp3) is 0.310. The van der Waals surface area contributed by atoms with Gasteiger partial charge >= 0.3 is 0 Å². The average molecular weight is 572 g/mol. The third kappa shape index (κ3) is 7.74. The maximum Gasteiger partial charge on any atom is 0.264 e. The number of sulfonamides is 1. The third-order valence-corrected chi connectivity index (χ3v) is 8.43. The fourth-order valence-corrected chi connectivity index (χ4v) is 5.40. The Labute approximate surface area is 235 Å². The lowest BCUT2D eigenvalue weighted by Gasteiger charge is -2.32. The highest BCUT2D eigenvalue weighted by Crippen LogP contribution is 2.27. The highest BCUT2D eigenvalue weighted by molar-refractivity contribution is 7.92. The van der Waals surface area contributed by atoms with Crippen LogP contribution in [0.25, 0.3) is 0 Å². The zero-order valence-electron chi connectivity index (χ0n) is 22.5. The van der Waals surface area contributed by atoms with Gasteiger partial charge < -0.3 is 15.0 Å². The molecule has 0 saturated carbocycles. The van der Waals surface area contributed by atoms with Crippen LogP contribution in [0.1, 0.15) is 32.8 Å². The van der Waals surface area contributed by atoms with E-state index in [0.29, 0.717) is 10.8 Å². The van der Waals surface area contributed by atoms with E-state index in [1.807, 2.05) is 13.8 Å². The lowest BCUT2D eigenvalue weighted by molar-refractivity contribution is -0.139. The van der Waals surface area contributed by atoms with Crippen molar-refractivity contribution >= 4 is 39.1 Å². The molecule has 208 valence electrons. The first-order chi connectivity index (χ1) is 18.6. The molecule has 0 bridgehead atoms. The Morgan fingerprint density at radius 3 is 2.26 bits per heavy atom. The molecule has 3 aromatic carbocycles. The van der Waals surface area contributed by atoms with Gasteiger partial charge in [0, 0.05) is 23.7 Å². The number of amides is 2. The summed E-state index contributed by atoms with van der Waals surface area (Å²) in [5.74, 6) is -0.433. The molecule has 39 heavy (non-hydrogen) atoms. The van der Waals surface area contributed by atoms with E-state index in [0.717, 1.165) is 16.3 Å². The molecule has 0 aromatic heterocycles. The topological polar surface area (TPSA) is 96.0 Å². The molecule has 3 rings (SSSR count). The SMILES string of the molecule is CC[C@@H](C)NC(=O)[C@@H](C)N(Cc1ccc(Cl)cc1)C(=O)CN(c1cccc(OC)c1)S(=O)(=O)c1ccccc1. The van der Waals surface area contributed by atoms with Crippen LogP contribution in [0.15, 0.2) is 83.8 Å². The lowest BCUT2D eigenvalue weighted by Crippen LogP contribution is -2.52. The second-order valence-electron chi connectivity index (χ2n) is 9.17. The van der Waals surface area contributed by atoms with E-state index < -0.39 is 28.5 Å². The molecule has 0 heterocycles. The van der Waals surface area contributed by atoms with Gasteiger partial charge in [0.25, 0.3) is 10.0 Å². The van der Waals surface area contributed by atoms with E-state index in [2.05, 4.69) is 5.32 Å². The molecule has 2 amide bonds. The van der Waals surface area contributed by atoms with E-state index in [9.17, 15) is 18.0 Å². The van der Waals surface area contributed by atoms with Crippen molar-refractivity contribution in [2.45, 2.75) is 50.7 Å². The minimum absolute atomic E-state index is 0.0347. The number of hydrogen-bond donors (Lipinski definition) is 1. The van der Waals surface area contributed by atoms with E-state index in [4.69, 9.17) is 16.3 Å². The van der Waals surface area contributed by atoms with Crippen molar-refractivity contribution < 1.29 is 22.7 Å². The summed E-state index contributed by atoms with van der Waals surface area (Å²) in [7, 11) is -2.66. The molecular weight excluding hydrogens is 538 g/mol. The lowest BCUT2D eigenvalue weighted by atomic mass is 10.1. The Morgan fingerprint density at radius 2 is 1.64 bits per heavy atom. The van der Waals surface area contributed by atoms with Gasteiger partial charge in [0.15, 0.2) is 0 Å². The summed E-state index contributed by atoms with van der Waals surface area (Å²) in [6.07, 6.45) is 0.725. The van der Waals surface area contributed by atoms with Crippen LogP contribution in [0.3, 0.4) is 0 Å². The highest BCUT2D eigenvalue weighted by Gasteiger charge is 2.32. The molecule has 0 saturated heterocycles. The molecule has 0 spiro atoms. The van der Waals surface area contributed by atoms with Gasteiger partial charge in [-0.15, -0.1) is 0 Å². The number of halogens is 1. The summed E-state index contributed by atoms with van der Waals surface area (Å²) in [6.45, 7) is 5.02. The van der Waals surface area contributed by atoms with E-state index >= 15 is 0 Å². The smallest absolute Gasteiger partial charge is 0.264 e. The molecule has 0 aliphatic heterocycles. The van der Waals surface area contributed by atoms with Crippen molar-refractivity contribution in [3.8, 4) is 5.75 Å². The van der Waals surface area contributed by atoms with Crippen LogP contribution in [0.5, 0.6) is 5.75 Å². The van der Waals surface area contributed by atoms with Gasteiger partial charge in [0.1, 0.15) is 18.3 Å². The number of hydrogen-bond acceptors (Lipinski definition) is 5. The number of carbonyl (C=O) groups is 2. The molecule has 8 nitrogen and oxygen atoms in total. The second-order valence-corrected chi connectivity index (χ2v) is 11.5. The van der Waals surface area contributed by atoms with Crippen molar-refractivity contribution in [2.75, 3.05) is 18.0 Å². The molecule has 0 fully saturated rings. The number of anilines is 1. The Kier molecular flexibility index (Phi) is 10.4. The number of carbonyl (C=O) groups excluding carboxylic acids is 2. The minimum Gasteiger partial charge on any atom is -0.497 e. The maximum absolute atomic E-state index is 13.9. The number of nitrogens with zero attached hydrogens (tertiary/aromatic N) is 2. The zero-order chi connectivity index (χ0) is 28.6. The van der Waals surface area contributed by atoms with E-state index in [-0.39, 0.29) is 29.1 Å². The van der Waals surface area contributed by atoms with E-state index in [1.165, 1.54) is 24.1 Å². The normalized spacial score (nSPS) is 12.7. The first-order valence-corrected chi connectivity index (χ1v) is 14.4. The molecule has 0 aliphatic carbocycles. The molecule has 0 unspecified atom stereocenters. The molecule has 0 radical (unpaired) electrons. The molecule has 0 aliphatic rings. The van der Waals surface area contributed by atoms with E-state index in [1.54, 1.807) is 73.7 Å². The Hall–Kier alpha value is -3.56. The van der Waals surface area contributed by atoms with Crippen molar-refractivity contribution in [1.29, 1.82) is 0 Å². The molecule has 3 aromatic rings. The van der Waals surface area contributed by atoms with Crippen LogP contribution in [0.2, 0.25) is 5.02 Å². The summed E-state index contributed by atoms with van der Waals surface area (Å²) in [5, 5.41) is 3.45. The van der Waals surface area contributed by atoms with Crippen LogP contribution >= 0.6 is 11.6 Å². The first-order valence-electron chi connectivity index (χ1n) is 12.6. The molecule has 1 N–H and O–H groups in total. The summed E-state index contributed by atoms with van der Waals surface area (Å²) in [4.78, 5) is 28.4. The second kappa shape index (κ2) is 13.5. The van der Waals surface area contributed by atoms with Gasteiger partial charge in [0.2, 0.25) is 11.8 Å². The van der Waals surface area contributed by atoms with Crippen LogP contribution in [-0.2, 0) is 26.2 Å². The standard InChI is InChI=1S/C29H34ClN3O5S/c1-5-21(2)31-29(35)22(3)32(19-23-14-16-24(30)17-15-23)28(34)20-33(25-10-9-11-26(18-25)38-4)39(36,37)27-12-7-6-8-13-27/h6-18,21-22H,5,19-20H2,1-4H3,(H,31,35)/t21-,22-/m1/s1. The Balaban J connectivity index is 2.02. The maximum atomic E-state index is 13.9. The minimum atomic E-state index is -4.14. The number of methoxy groups -OCH3 is 1. The van der Waals surface area contributed by atoms with Gasteiger partial charge in [-0.05, 0) is 62.2 Å². The number of benzene rings is 3. The van der Waals surface area contributed by atoms with Crippen LogP contribution in [0.4, 0.5) is 5.69 Å². The zero-order valence-corrected chi connectivity index (χ0v) is 24.1. The predicted molar refractivity (Wildman–Crippen MR) is 153 cm³/mol. The number of nitrogens with one attached hydrogen (secondary N) is 1. The van der Waals surface area contributed by atoms with Gasteiger partial charge in [0.05, 0.1) is 17.7 Å². The summed E-state index contributed by atoms with van der Waals surface area (Å²) in [5.41, 5.74) is 1.00. The predicted octanol–water partition coefficient (Wildman–Crippen LogP) is 4.88. The molecule has 2 atom stereocenters. The number of rotatable bonds is 12. The average Bonchev–Trinajstić information content (AvgIpc) is 2.95. The fourth-order valence-electron chi connectivity index (χ4n) is 3.85. The van der Waals surface area contributed by atoms with Crippen LogP contribution in [-0.4, -0.2) is 50.9 Å². The Bertz CT molecular complexity index is 1370. The van der Waals surface area contributed by atoms with Crippen molar-refractivity contribution in [2.24, 2.45) is 0 Å². The summed E-state index contributed by atoms with van der Waals surface area (Å²) in [6, 6.07) is 20.4. The van der Waals surface area contributed by atoms with Gasteiger partial charge in [-0.25, -0.2) is 8.42 Å². The van der Waals surface area contributed by atoms with Gasteiger partial charge in [-0.1, -0.05) is 54.9 Å². The molecular formula is C29H34ClN3O5S. The van der Waals surface area contributed by atoms with Crippen molar-refractivity contribution in [3.63, 3.8) is 0 Å². The number of ether oxygens (including phenoxy) is 1. The summed E-state index contributed by atoms with van der Waals surface area (Å²) < 4.78 is 33.9. The molecule has 10 heteroatoms. The van der Waals surface area contributed by atoms with Crippen molar-refractivity contribution in [1.82, 2.24) is 10.2 Å². The largest absolute Gasteiger partial charge is 0.497 e.